The third-order valence-electron chi connectivity index (χ3n) is 4.59. The smallest absolute Gasteiger partial charge is 0.0388 e. The Bertz CT molecular complexity index is 395. The molecule has 0 aliphatic carbocycles. The molecule has 0 bridgehead atoms. The second-order valence-corrected chi connectivity index (χ2v) is 6.43. The number of hydrogen-bond acceptors (Lipinski definition) is 3. The molecule has 1 aromatic carbocycles. The predicted octanol–water partition coefficient (Wildman–Crippen LogP) is 3.14. The number of likely N-dealkylation sites (tertiary alicyclic amines) is 1. The van der Waals surface area contributed by atoms with Crippen LogP contribution in [0.5, 0.6) is 0 Å². The second-order valence-electron chi connectivity index (χ2n) is 6.43. The lowest BCUT2D eigenvalue weighted by Gasteiger charge is -2.42. The Kier molecular flexibility index (Phi) is 6.07. The van der Waals surface area contributed by atoms with Gasteiger partial charge >= 0.3 is 0 Å². The molecule has 1 heterocycles. The highest BCUT2D eigenvalue weighted by atomic mass is 15.2. The van der Waals surface area contributed by atoms with Crippen LogP contribution in [-0.4, -0.2) is 45.7 Å². The van der Waals surface area contributed by atoms with Crippen LogP contribution in [0.25, 0.3) is 0 Å². The first-order valence-corrected chi connectivity index (χ1v) is 8.33. The number of piperidine rings is 1. The Hall–Kier alpha value is -1.06. The number of anilines is 1. The Morgan fingerprint density at radius 3 is 2.52 bits per heavy atom. The lowest BCUT2D eigenvalue weighted by atomic mass is 9.84. The van der Waals surface area contributed by atoms with Crippen molar-refractivity contribution in [2.24, 2.45) is 5.92 Å². The minimum absolute atomic E-state index is 0.572. The second kappa shape index (κ2) is 7.81. The van der Waals surface area contributed by atoms with E-state index in [1.165, 1.54) is 43.6 Å². The number of benzene rings is 1. The summed E-state index contributed by atoms with van der Waals surface area (Å²) in [6, 6.07) is 9.74. The van der Waals surface area contributed by atoms with Gasteiger partial charge in [0.2, 0.25) is 0 Å². The van der Waals surface area contributed by atoms with Gasteiger partial charge in [-0.2, -0.15) is 0 Å². The fraction of sp³-hybridized carbons (Fsp3) is 0.667. The van der Waals surface area contributed by atoms with Crippen molar-refractivity contribution in [3.8, 4) is 0 Å². The number of rotatable bonds is 6. The van der Waals surface area contributed by atoms with Crippen LogP contribution in [0.4, 0.5) is 5.69 Å². The SMILES string of the molecule is CCCN1CCCC(CNC)C1c1ccc(N(C)C)cc1. The monoisotopic (exact) mass is 289 g/mol. The van der Waals surface area contributed by atoms with Crippen molar-refractivity contribution in [3.05, 3.63) is 29.8 Å². The Morgan fingerprint density at radius 1 is 1.24 bits per heavy atom. The largest absolute Gasteiger partial charge is 0.378 e. The number of nitrogens with zero attached hydrogens (tertiary/aromatic N) is 2. The van der Waals surface area contributed by atoms with Gasteiger partial charge in [-0.1, -0.05) is 19.1 Å². The maximum atomic E-state index is 3.39. The van der Waals surface area contributed by atoms with Crippen LogP contribution in [0, 0.1) is 5.92 Å². The molecule has 2 unspecified atom stereocenters. The van der Waals surface area contributed by atoms with Gasteiger partial charge in [-0.05, 0) is 69.6 Å². The molecule has 118 valence electrons. The molecule has 21 heavy (non-hydrogen) atoms. The maximum Gasteiger partial charge on any atom is 0.0388 e. The molecule has 3 heteroatoms. The summed E-state index contributed by atoms with van der Waals surface area (Å²) in [4.78, 5) is 4.86. The highest BCUT2D eigenvalue weighted by molar-refractivity contribution is 5.46. The zero-order valence-electron chi connectivity index (χ0n) is 14.1. The van der Waals surface area contributed by atoms with Gasteiger partial charge in [0.05, 0.1) is 0 Å². The van der Waals surface area contributed by atoms with E-state index in [1.807, 2.05) is 0 Å². The lowest BCUT2D eigenvalue weighted by molar-refractivity contribution is 0.0924. The third-order valence-corrected chi connectivity index (χ3v) is 4.59. The molecule has 1 aromatic rings. The van der Waals surface area contributed by atoms with Crippen molar-refractivity contribution >= 4 is 5.69 Å². The Labute approximate surface area is 130 Å². The number of nitrogens with one attached hydrogen (secondary N) is 1. The Morgan fingerprint density at radius 2 is 1.95 bits per heavy atom. The molecular formula is C18H31N3. The van der Waals surface area contributed by atoms with E-state index in [-0.39, 0.29) is 0 Å². The van der Waals surface area contributed by atoms with E-state index in [2.05, 4.69) is 67.4 Å². The van der Waals surface area contributed by atoms with Gasteiger partial charge in [-0.15, -0.1) is 0 Å². The van der Waals surface area contributed by atoms with Crippen LogP contribution < -0.4 is 10.2 Å². The molecule has 2 atom stereocenters. The first-order valence-electron chi connectivity index (χ1n) is 8.33. The van der Waals surface area contributed by atoms with E-state index >= 15 is 0 Å². The molecule has 0 aromatic heterocycles. The first-order chi connectivity index (χ1) is 10.2. The van der Waals surface area contributed by atoms with Crippen LogP contribution >= 0.6 is 0 Å². The van der Waals surface area contributed by atoms with E-state index in [1.54, 1.807) is 0 Å². The van der Waals surface area contributed by atoms with Gasteiger partial charge in [0.15, 0.2) is 0 Å². The molecule has 1 N–H and O–H groups in total. The molecule has 1 saturated heterocycles. The summed E-state index contributed by atoms with van der Waals surface area (Å²) in [6.07, 6.45) is 3.90. The van der Waals surface area contributed by atoms with Crippen LogP contribution in [0.15, 0.2) is 24.3 Å². The van der Waals surface area contributed by atoms with Crippen molar-refractivity contribution in [2.45, 2.75) is 32.2 Å². The predicted molar refractivity (Wildman–Crippen MR) is 92.0 cm³/mol. The van der Waals surface area contributed by atoms with Gasteiger partial charge in [0, 0.05) is 25.8 Å². The zero-order valence-corrected chi connectivity index (χ0v) is 14.1. The van der Waals surface area contributed by atoms with Gasteiger partial charge < -0.3 is 10.2 Å². The van der Waals surface area contributed by atoms with Crippen molar-refractivity contribution in [2.75, 3.05) is 45.7 Å². The van der Waals surface area contributed by atoms with Crippen LogP contribution in [0.3, 0.4) is 0 Å². The fourth-order valence-corrected chi connectivity index (χ4v) is 3.62. The molecule has 0 saturated carbocycles. The topological polar surface area (TPSA) is 18.5 Å². The Balaban J connectivity index is 2.23. The molecule has 0 spiro atoms. The van der Waals surface area contributed by atoms with Gasteiger partial charge in [0.1, 0.15) is 0 Å². The van der Waals surface area contributed by atoms with Gasteiger partial charge in [-0.25, -0.2) is 0 Å². The summed E-state index contributed by atoms with van der Waals surface area (Å²) in [5.41, 5.74) is 2.76. The van der Waals surface area contributed by atoms with Gasteiger partial charge in [-0.3, -0.25) is 4.90 Å². The molecule has 0 radical (unpaired) electrons. The molecule has 0 amide bonds. The zero-order chi connectivity index (χ0) is 15.2. The summed E-state index contributed by atoms with van der Waals surface area (Å²) >= 11 is 0. The summed E-state index contributed by atoms with van der Waals surface area (Å²) in [5, 5.41) is 3.39. The van der Waals surface area contributed by atoms with E-state index in [0.717, 1.165) is 12.5 Å². The summed E-state index contributed by atoms with van der Waals surface area (Å²) in [7, 11) is 6.27. The summed E-state index contributed by atoms with van der Waals surface area (Å²) < 4.78 is 0. The molecule has 1 fully saturated rings. The van der Waals surface area contributed by atoms with E-state index < -0.39 is 0 Å². The highest BCUT2D eigenvalue weighted by Gasteiger charge is 2.31. The van der Waals surface area contributed by atoms with Crippen LogP contribution in [0.2, 0.25) is 0 Å². The molecular weight excluding hydrogens is 258 g/mol. The van der Waals surface area contributed by atoms with Crippen molar-refractivity contribution < 1.29 is 0 Å². The normalized spacial score (nSPS) is 23.2. The minimum atomic E-state index is 0.572. The average Bonchev–Trinajstić information content (AvgIpc) is 2.48. The minimum Gasteiger partial charge on any atom is -0.378 e. The highest BCUT2D eigenvalue weighted by Crippen LogP contribution is 2.36. The quantitative estimate of drug-likeness (QED) is 0.868. The fourth-order valence-electron chi connectivity index (χ4n) is 3.62. The van der Waals surface area contributed by atoms with E-state index in [9.17, 15) is 0 Å². The van der Waals surface area contributed by atoms with Crippen molar-refractivity contribution in [3.63, 3.8) is 0 Å². The van der Waals surface area contributed by atoms with Crippen LogP contribution in [-0.2, 0) is 0 Å². The van der Waals surface area contributed by atoms with Gasteiger partial charge in [0.25, 0.3) is 0 Å². The number of hydrogen-bond donors (Lipinski definition) is 1. The molecule has 1 aliphatic rings. The van der Waals surface area contributed by atoms with E-state index in [0.29, 0.717) is 6.04 Å². The third kappa shape index (κ3) is 3.98. The molecule has 3 nitrogen and oxygen atoms in total. The first kappa shape index (κ1) is 16.3. The van der Waals surface area contributed by atoms with E-state index in [4.69, 9.17) is 0 Å². The van der Waals surface area contributed by atoms with Crippen LogP contribution in [0.1, 0.15) is 37.8 Å². The summed E-state index contributed by atoms with van der Waals surface area (Å²) in [6.45, 7) is 5.85. The lowest BCUT2D eigenvalue weighted by Crippen LogP contribution is -2.42. The van der Waals surface area contributed by atoms with Crippen molar-refractivity contribution in [1.82, 2.24) is 10.2 Å². The standard InChI is InChI=1S/C18H31N3/c1-5-12-21-13-6-7-16(14-19-2)18(21)15-8-10-17(11-9-15)20(3)4/h8-11,16,18-19H,5-7,12-14H2,1-4H3. The average molecular weight is 289 g/mol. The molecule has 2 rings (SSSR count). The summed E-state index contributed by atoms with van der Waals surface area (Å²) in [5.74, 6) is 0.723. The maximum absolute atomic E-state index is 3.39. The molecule has 1 aliphatic heterocycles. The van der Waals surface area contributed by atoms with Crippen molar-refractivity contribution in [1.29, 1.82) is 0 Å².